The quantitative estimate of drug-likeness (QED) is 0.458. The second-order valence-electron chi connectivity index (χ2n) is 4.56. The number of nitrogens with zero attached hydrogens (tertiary/aromatic N) is 3. The molecule has 2 rings (SSSR count). The highest BCUT2D eigenvalue weighted by Gasteiger charge is 2.22. The van der Waals surface area contributed by atoms with Crippen molar-refractivity contribution in [1.82, 2.24) is 14.4 Å². The summed E-state index contributed by atoms with van der Waals surface area (Å²) in [6.45, 7) is 4.34. The lowest BCUT2D eigenvalue weighted by Crippen LogP contribution is -2.35. The normalized spacial score (nSPS) is 11.8. The summed E-state index contributed by atoms with van der Waals surface area (Å²) in [6.07, 6.45) is 6.61. The number of nitrogens with one attached hydrogen (secondary N) is 2. The first-order chi connectivity index (χ1) is 9.11. The van der Waals surface area contributed by atoms with Crippen molar-refractivity contribution in [1.29, 1.82) is 0 Å². The number of rotatable bonds is 6. The highest BCUT2D eigenvalue weighted by atomic mass is 16.3. The number of imidazole rings is 1. The minimum atomic E-state index is -0.739. The van der Waals surface area contributed by atoms with Crippen LogP contribution in [-0.4, -0.2) is 31.6 Å². The third-order valence-corrected chi connectivity index (χ3v) is 3.42. The molecule has 0 spiro atoms. The average molecular weight is 264 g/mol. The molecule has 7 heteroatoms. The molecular weight excluding hydrogens is 244 g/mol. The number of hydrazine groups is 1. The van der Waals surface area contributed by atoms with Gasteiger partial charge in [0.15, 0.2) is 17.3 Å². The number of nitrogens with two attached hydrogens (primary N) is 1. The Bertz CT molecular complexity index is 548. The summed E-state index contributed by atoms with van der Waals surface area (Å²) >= 11 is 0. The first kappa shape index (κ1) is 13.6. The van der Waals surface area contributed by atoms with E-state index in [0.717, 1.165) is 0 Å². The number of aromatic nitrogens is 3. The molecule has 0 amide bonds. The molecule has 104 valence electrons. The van der Waals surface area contributed by atoms with Gasteiger partial charge in [-0.05, 0) is 12.8 Å². The van der Waals surface area contributed by atoms with Crippen LogP contribution < -0.4 is 16.6 Å². The summed E-state index contributed by atoms with van der Waals surface area (Å²) in [6, 6.07) is 0. The monoisotopic (exact) mass is 264 g/mol. The fourth-order valence-electron chi connectivity index (χ4n) is 1.87. The first-order valence-corrected chi connectivity index (χ1v) is 6.38. The Balaban J connectivity index is 2.26. The molecule has 7 nitrogen and oxygen atoms in total. The lowest BCUT2D eigenvalue weighted by atomic mass is 9.98. The average Bonchev–Trinajstić information content (AvgIpc) is 2.92. The van der Waals surface area contributed by atoms with E-state index in [1.54, 1.807) is 12.4 Å². The van der Waals surface area contributed by atoms with Crippen LogP contribution in [0.25, 0.3) is 5.65 Å². The Morgan fingerprint density at radius 3 is 2.79 bits per heavy atom. The van der Waals surface area contributed by atoms with Crippen LogP contribution in [0, 0.1) is 0 Å². The molecule has 0 aliphatic heterocycles. The van der Waals surface area contributed by atoms with E-state index in [0.29, 0.717) is 36.7 Å². The maximum Gasteiger partial charge on any atom is 0.180 e. The molecule has 0 atom stereocenters. The summed E-state index contributed by atoms with van der Waals surface area (Å²) in [5, 5.41) is 13.4. The zero-order valence-electron chi connectivity index (χ0n) is 11.2. The zero-order chi connectivity index (χ0) is 13.9. The van der Waals surface area contributed by atoms with Crippen molar-refractivity contribution in [3.05, 3.63) is 18.6 Å². The number of hydrogen-bond acceptors (Lipinski definition) is 6. The molecule has 0 saturated heterocycles. The minimum absolute atomic E-state index is 0.420. The molecule has 0 aromatic carbocycles. The fourth-order valence-corrected chi connectivity index (χ4v) is 1.87. The van der Waals surface area contributed by atoms with Crippen LogP contribution in [0.1, 0.15) is 26.7 Å². The van der Waals surface area contributed by atoms with Crippen LogP contribution in [0.2, 0.25) is 0 Å². The molecule has 0 aliphatic rings. The molecule has 0 bridgehead atoms. The predicted molar refractivity (Wildman–Crippen MR) is 74.8 cm³/mol. The zero-order valence-corrected chi connectivity index (χ0v) is 11.2. The third-order valence-electron chi connectivity index (χ3n) is 3.42. The highest BCUT2D eigenvalue weighted by Crippen LogP contribution is 2.19. The summed E-state index contributed by atoms with van der Waals surface area (Å²) in [5.41, 5.74) is 2.48. The lowest BCUT2D eigenvalue weighted by Gasteiger charge is -2.25. The molecule has 2 aromatic rings. The largest absolute Gasteiger partial charge is 0.388 e. The van der Waals surface area contributed by atoms with Gasteiger partial charge < -0.3 is 20.2 Å². The topological polar surface area (TPSA) is 100 Å². The maximum atomic E-state index is 10.3. The lowest BCUT2D eigenvalue weighted by molar-refractivity contribution is 0.0456. The molecule has 2 aromatic heterocycles. The second-order valence-corrected chi connectivity index (χ2v) is 4.56. The fraction of sp³-hybridized carbons (Fsp3) is 0.500. The van der Waals surface area contributed by atoms with E-state index in [-0.39, 0.29) is 0 Å². The molecule has 2 heterocycles. The molecular formula is C12H20N6O. The number of nitrogen functional groups attached to an aromatic ring is 1. The minimum Gasteiger partial charge on any atom is -0.388 e. The van der Waals surface area contributed by atoms with Crippen LogP contribution in [0.5, 0.6) is 0 Å². The smallest absolute Gasteiger partial charge is 0.180 e. The Hall–Kier alpha value is -1.86. The van der Waals surface area contributed by atoms with Gasteiger partial charge in [0, 0.05) is 18.9 Å². The van der Waals surface area contributed by atoms with Gasteiger partial charge in [0.25, 0.3) is 0 Å². The van der Waals surface area contributed by atoms with E-state index in [9.17, 15) is 5.11 Å². The van der Waals surface area contributed by atoms with E-state index >= 15 is 0 Å². The number of aliphatic hydroxyl groups is 1. The van der Waals surface area contributed by atoms with Crippen LogP contribution >= 0.6 is 0 Å². The van der Waals surface area contributed by atoms with Gasteiger partial charge in [-0.3, -0.25) is 0 Å². The van der Waals surface area contributed by atoms with Gasteiger partial charge >= 0.3 is 0 Å². The van der Waals surface area contributed by atoms with Gasteiger partial charge in [-0.25, -0.2) is 15.8 Å². The maximum absolute atomic E-state index is 10.3. The van der Waals surface area contributed by atoms with Gasteiger partial charge in [-0.2, -0.15) is 0 Å². The standard InChI is InChI=1S/C12H20N6O/c1-3-12(19,4-2)8-15-10-11-14-5-6-18(11)7-9(16-10)17-13/h5-7,17,19H,3-4,8,13H2,1-2H3,(H,15,16). The molecule has 0 unspecified atom stereocenters. The summed E-state index contributed by atoms with van der Waals surface area (Å²) in [7, 11) is 0. The number of fused-ring (bicyclic) bond motifs is 1. The number of hydrogen-bond donors (Lipinski definition) is 4. The van der Waals surface area contributed by atoms with Crippen molar-refractivity contribution in [2.24, 2.45) is 5.84 Å². The first-order valence-electron chi connectivity index (χ1n) is 6.38. The highest BCUT2D eigenvalue weighted by molar-refractivity contribution is 5.65. The number of anilines is 2. The van der Waals surface area contributed by atoms with Crippen LogP contribution in [0.15, 0.2) is 18.6 Å². The van der Waals surface area contributed by atoms with Crippen LogP contribution in [0.3, 0.4) is 0 Å². The van der Waals surface area contributed by atoms with Crippen LogP contribution in [0.4, 0.5) is 11.6 Å². The van der Waals surface area contributed by atoms with Crippen LogP contribution in [-0.2, 0) is 0 Å². The van der Waals surface area contributed by atoms with E-state index in [1.165, 1.54) is 0 Å². The van der Waals surface area contributed by atoms with E-state index in [4.69, 9.17) is 5.84 Å². The summed E-state index contributed by atoms with van der Waals surface area (Å²) in [4.78, 5) is 8.56. The second kappa shape index (κ2) is 5.41. The third kappa shape index (κ3) is 2.77. The Morgan fingerprint density at radius 1 is 1.42 bits per heavy atom. The Kier molecular flexibility index (Phi) is 3.87. The van der Waals surface area contributed by atoms with Crippen molar-refractivity contribution in [2.75, 3.05) is 17.3 Å². The van der Waals surface area contributed by atoms with E-state index in [2.05, 4.69) is 20.7 Å². The van der Waals surface area contributed by atoms with Crippen molar-refractivity contribution < 1.29 is 5.11 Å². The van der Waals surface area contributed by atoms with Crippen molar-refractivity contribution >= 4 is 17.3 Å². The van der Waals surface area contributed by atoms with E-state index in [1.807, 2.05) is 24.4 Å². The Morgan fingerprint density at radius 2 is 2.16 bits per heavy atom. The SMILES string of the molecule is CCC(O)(CC)CNc1nc(NN)cn2ccnc12. The molecule has 0 fully saturated rings. The van der Waals surface area contributed by atoms with Gasteiger partial charge in [0.1, 0.15) is 0 Å². The van der Waals surface area contributed by atoms with Crippen molar-refractivity contribution in [3.63, 3.8) is 0 Å². The molecule has 5 N–H and O–H groups in total. The van der Waals surface area contributed by atoms with Gasteiger partial charge in [-0.1, -0.05) is 13.8 Å². The van der Waals surface area contributed by atoms with Gasteiger partial charge in [-0.15, -0.1) is 0 Å². The molecule has 0 radical (unpaired) electrons. The summed E-state index contributed by atoms with van der Waals surface area (Å²) in [5.74, 6) is 6.52. The van der Waals surface area contributed by atoms with Gasteiger partial charge in [0.05, 0.1) is 11.8 Å². The molecule has 0 saturated carbocycles. The Labute approximate surface area is 111 Å². The van der Waals surface area contributed by atoms with Crippen molar-refractivity contribution in [2.45, 2.75) is 32.3 Å². The molecule has 0 aliphatic carbocycles. The predicted octanol–water partition coefficient (Wildman–Crippen LogP) is 0.978. The van der Waals surface area contributed by atoms with E-state index < -0.39 is 5.60 Å². The van der Waals surface area contributed by atoms with Gasteiger partial charge in [0.2, 0.25) is 0 Å². The molecule has 19 heavy (non-hydrogen) atoms. The summed E-state index contributed by atoms with van der Waals surface area (Å²) < 4.78 is 1.82. The van der Waals surface area contributed by atoms with Crippen molar-refractivity contribution in [3.8, 4) is 0 Å².